The Labute approximate surface area is 74.5 Å². The predicted molar refractivity (Wildman–Crippen MR) is 48.9 cm³/mol. The van der Waals surface area contributed by atoms with Crippen molar-refractivity contribution in [3.63, 3.8) is 0 Å². The summed E-state index contributed by atoms with van der Waals surface area (Å²) in [6.07, 6.45) is 6.16. The molecule has 2 atom stereocenters. The van der Waals surface area contributed by atoms with Gasteiger partial charge in [-0.2, -0.15) is 0 Å². The van der Waals surface area contributed by atoms with Crippen molar-refractivity contribution in [1.29, 1.82) is 0 Å². The van der Waals surface area contributed by atoms with Crippen molar-refractivity contribution in [2.45, 2.75) is 46.0 Å². The van der Waals surface area contributed by atoms with E-state index in [4.69, 9.17) is 0 Å². The average molecular weight is 166 g/mol. The summed E-state index contributed by atoms with van der Waals surface area (Å²) in [7, 11) is 0. The van der Waals surface area contributed by atoms with E-state index in [0.29, 0.717) is 11.7 Å². The van der Waals surface area contributed by atoms with Crippen molar-refractivity contribution in [2.75, 3.05) is 0 Å². The highest BCUT2D eigenvalue weighted by Crippen LogP contribution is 2.45. The highest BCUT2D eigenvalue weighted by molar-refractivity contribution is 5.87. The lowest BCUT2D eigenvalue weighted by Crippen LogP contribution is -2.41. The Kier molecular flexibility index (Phi) is 1.78. The number of ketones is 1. The first-order valence-corrected chi connectivity index (χ1v) is 5.14. The van der Waals surface area contributed by atoms with Crippen LogP contribution < -0.4 is 0 Å². The molecule has 2 bridgehead atoms. The van der Waals surface area contributed by atoms with Crippen molar-refractivity contribution in [3.8, 4) is 0 Å². The monoisotopic (exact) mass is 166 g/mol. The van der Waals surface area contributed by atoms with E-state index in [-0.39, 0.29) is 5.41 Å². The Bertz CT molecular complexity index is 205. The lowest BCUT2D eigenvalue weighted by atomic mass is 9.61. The molecule has 0 aromatic rings. The molecule has 0 spiro atoms. The van der Waals surface area contributed by atoms with E-state index >= 15 is 0 Å². The average Bonchev–Trinajstić information content (AvgIpc) is 2.01. The maximum atomic E-state index is 11.9. The molecule has 2 aliphatic carbocycles. The van der Waals surface area contributed by atoms with Crippen molar-refractivity contribution < 1.29 is 4.79 Å². The Morgan fingerprint density at radius 2 is 2.08 bits per heavy atom. The minimum Gasteiger partial charge on any atom is -0.299 e. The van der Waals surface area contributed by atoms with Gasteiger partial charge in [0.05, 0.1) is 0 Å². The minimum absolute atomic E-state index is 0.00595. The topological polar surface area (TPSA) is 17.1 Å². The van der Waals surface area contributed by atoms with Crippen molar-refractivity contribution in [1.82, 2.24) is 0 Å². The van der Waals surface area contributed by atoms with Gasteiger partial charge in [-0.15, -0.1) is 0 Å². The van der Waals surface area contributed by atoms with E-state index in [1.54, 1.807) is 0 Å². The maximum Gasteiger partial charge on any atom is 0.141 e. The van der Waals surface area contributed by atoms with Crippen LogP contribution in [0.2, 0.25) is 0 Å². The van der Waals surface area contributed by atoms with Gasteiger partial charge in [-0.25, -0.2) is 0 Å². The first kappa shape index (κ1) is 8.28. The van der Waals surface area contributed by atoms with Gasteiger partial charge in [-0.1, -0.05) is 26.7 Å². The molecule has 2 rings (SSSR count). The van der Waals surface area contributed by atoms with Crippen LogP contribution in [0.4, 0.5) is 0 Å². The molecule has 12 heavy (non-hydrogen) atoms. The molecule has 1 heteroatoms. The van der Waals surface area contributed by atoms with Gasteiger partial charge in [-0.3, -0.25) is 4.79 Å². The molecular formula is C11H18O. The second-order valence-corrected chi connectivity index (χ2v) is 5.18. The molecule has 0 aromatic heterocycles. The SMILES string of the molecule is CC1(C)CC2CCCC(C2)C1=O. The molecule has 1 nitrogen and oxygen atoms in total. The fourth-order valence-electron chi connectivity index (χ4n) is 3.09. The molecule has 0 aliphatic heterocycles. The first-order valence-electron chi connectivity index (χ1n) is 5.14. The van der Waals surface area contributed by atoms with Crippen LogP contribution in [0.3, 0.4) is 0 Å². The van der Waals surface area contributed by atoms with Gasteiger partial charge in [-0.05, 0) is 25.2 Å². The molecule has 2 fully saturated rings. The van der Waals surface area contributed by atoms with E-state index in [0.717, 1.165) is 12.3 Å². The summed E-state index contributed by atoms with van der Waals surface area (Å²) in [6.45, 7) is 4.25. The summed E-state index contributed by atoms with van der Waals surface area (Å²) in [4.78, 5) is 11.9. The molecule has 2 saturated carbocycles. The van der Waals surface area contributed by atoms with Crippen LogP contribution in [0.25, 0.3) is 0 Å². The molecule has 0 aromatic carbocycles. The third-order valence-corrected chi connectivity index (χ3v) is 3.62. The molecular weight excluding hydrogens is 148 g/mol. The van der Waals surface area contributed by atoms with Gasteiger partial charge in [0.2, 0.25) is 0 Å². The molecule has 2 unspecified atom stereocenters. The van der Waals surface area contributed by atoms with Crippen molar-refractivity contribution in [3.05, 3.63) is 0 Å². The van der Waals surface area contributed by atoms with Gasteiger partial charge < -0.3 is 0 Å². The zero-order chi connectivity index (χ0) is 8.77. The summed E-state index contributed by atoms with van der Waals surface area (Å²) in [5.41, 5.74) is -0.00595. The van der Waals surface area contributed by atoms with Crippen LogP contribution in [-0.4, -0.2) is 5.78 Å². The molecule has 0 saturated heterocycles. The number of hydrogen-bond donors (Lipinski definition) is 0. The van der Waals surface area contributed by atoms with Crippen LogP contribution in [0.1, 0.15) is 46.0 Å². The third kappa shape index (κ3) is 1.19. The highest BCUT2D eigenvalue weighted by atomic mass is 16.1. The smallest absolute Gasteiger partial charge is 0.141 e. The van der Waals surface area contributed by atoms with Gasteiger partial charge in [0.15, 0.2) is 0 Å². The van der Waals surface area contributed by atoms with Gasteiger partial charge in [0.1, 0.15) is 5.78 Å². The molecule has 0 amide bonds. The number of carbonyl (C=O) groups excluding carboxylic acids is 1. The lowest BCUT2D eigenvalue weighted by Gasteiger charge is -2.42. The first-order chi connectivity index (χ1) is 5.59. The quantitative estimate of drug-likeness (QED) is 0.541. The number of carbonyl (C=O) groups is 1. The van der Waals surface area contributed by atoms with Crippen molar-refractivity contribution in [2.24, 2.45) is 17.3 Å². The second kappa shape index (κ2) is 2.58. The van der Waals surface area contributed by atoms with E-state index in [1.807, 2.05) is 0 Å². The zero-order valence-corrected chi connectivity index (χ0v) is 8.10. The summed E-state index contributed by atoms with van der Waals surface area (Å²) in [5, 5.41) is 0. The van der Waals surface area contributed by atoms with Crippen LogP contribution in [-0.2, 0) is 4.79 Å². The largest absolute Gasteiger partial charge is 0.299 e. The van der Waals surface area contributed by atoms with Crippen molar-refractivity contribution >= 4 is 5.78 Å². The van der Waals surface area contributed by atoms with Crippen LogP contribution in [0.15, 0.2) is 0 Å². The van der Waals surface area contributed by atoms with Gasteiger partial charge >= 0.3 is 0 Å². The highest BCUT2D eigenvalue weighted by Gasteiger charge is 2.42. The molecule has 0 N–H and O–H groups in total. The standard InChI is InChI=1S/C11H18O/c1-11(2)7-8-4-3-5-9(6-8)10(11)12/h8-9H,3-7H2,1-2H3. The molecule has 0 radical (unpaired) electrons. The minimum atomic E-state index is -0.00595. The third-order valence-electron chi connectivity index (χ3n) is 3.62. The molecule has 0 heterocycles. The van der Waals surface area contributed by atoms with Crippen LogP contribution in [0, 0.1) is 17.3 Å². The Balaban J connectivity index is 2.20. The number of rotatable bonds is 0. The Morgan fingerprint density at radius 1 is 1.33 bits per heavy atom. The fourth-order valence-corrected chi connectivity index (χ4v) is 3.09. The summed E-state index contributed by atoms with van der Waals surface area (Å²) >= 11 is 0. The van der Waals surface area contributed by atoms with Crippen LogP contribution in [0.5, 0.6) is 0 Å². The predicted octanol–water partition coefficient (Wildman–Crippen LogP) is 2.79. The lowest BCUT2D eigenvalue weighted by molar-refractivity contribution is -0.138. The number of fused-ring (bicyclic) bond motifs is 2. The van der Waals surface area contributed by atoms with Gasteiger partial charge in [0.25, 0.3) is 0 Å². The fraction of sp³-hybridized carbons (Fsp3) is 0.909. The Hall–Kier alpha value is -0.330. The Morgan fingerprint density at radius 3 is 2.83 bits per heavy atom. The van der Waals surface area contributed by atoms with E-state index in [9.17, 15) is 4.79 Å². The zero-order valence-electron chi connectivity index (χ0n) is 8.10. The normalized spacial score (nSPS) is 39.7. The van der Waals surface area contributed by atoms with Crippen LogP contribution >= 0.6 is 0 Å². The molecule has 68 valence electrons. The molecule has 2 aliphatic rings. The van der Waals surface area contributed by atoms with E-state index < -0.39 is 0 Å². The summed E-state index contributed by atoms with van der Waals surface area (Å²) in [5.74, 6) is 1.82. The number of Topliss-reactive ketones (excluding diaryl/α,β-unsaturated/α-hetero) is 1. The summed E-state index contributed by atoms with van der Waals surface area (Å²) < 4.78 is 0. The summed E-state index contributed by atoms with van der Waals surface area (Å²) in [6, 6.07) is 0. The van der Waals surface area contributed by atoms with E-state index in [1.165, 1.54) is 25.7 Å². The maximum absolute atomic E-state index is 11.9. The number of hydrogen-bond acceptors (Lipinski definition) is 1. The van der Waals surface area contributed by atoms with E-state index in [2.05, 4.69) is 13.8 Å². The van der Waals surface area contributed by atoms with Gasteiger partial charge in [0, 0.05) is 11.3 Å². The second-order valence-electron chi connectivity index (χ2n) is 5.18.